The monoisotopic (exact) mass is 292 g/mol. The number of nitrogens with one attached hydrogen (secondary N) is 1. The first kappa shape index (κ1) is 12.7. The van der Waals surface area contributed by atoms with Gasteiger partial charge in [0, 0.05) is 19.0 Å². The highest BCUT2D eigenvalue weighted by atomic mass is 127. The van der Waals surface area contributed by atoms with Crippen LogP contribution < -0.4 is 3.53 Å². The summed E-state index contributed by atoms with van der Waals surface area (Å²) in [6, 6.07) is 0. The van der Waals surface area contributed by atoms with Gasteiger partial charge in [0.25, 0.3) is 0 Å². The molecule has 0 radical (unpaired) electrons. The van der Waals surface area contributed by atoms with Crippen molar-refractivity contribution >= 4 is 29.1 Å². The summed E-state index contributed by atoms with van der Waals surface area (Å²) >= 11 is 2.10. The Hall–Kier alpha value is -0.320. The van der Waals surface area contributed by atoms with Gasteiger partial charge in [0.2, 0.25) is 0 Å². The predicted molar refractivity (Wildman–Crippen MR) is 68.2 cm³/mol. The van der Waals surface area contributed by atoms with E-state index in [-0.39, 0.29) is 5.41 Å². The third kappa shape index (κ3) is 3.93. The molecule has 1 N–H and O–H groups in total. The molecule has 3 heteroatoms. The van der Waals surface area contributed by atoms with Crippen molar-refractivity contribution in [1.29, 1.82) is 0 Å². The number of hydrogen-bond acceptors (Lipinski definition) is 2. The molecule has 0 atom stereocenters. The van der Waals surface area contributed by atoms with Crippen LogP contribution in [0.15, 0.2) is 28.9 Å². The number of halogens is 1. The molecule has 0 aliphatic carbocycles. The van der Waals surface area contributed by atoms with Gasteiger partial charge in [-0.1, -0.05) is 27.4 Å². The fourth-order valence-electron chi connectivity index (χ4n) is 0.996. The molecule has 0 bridgehead atoms. The van der Waals surface area contributed by atoms with Crippen molar-refractivity contribution in [2.45, 2.75) is 20.8 Å². The largest absolute Gasteiger partial charge is 0.328 e. The molecule has 0 amide bonds. The average Bonchev–Trinajstić information content (AvgIpc) is 2.03. The highest BCUT2D eigenvalue weighted by molar-refractivity contribution is 14.1. The summed E-state index contributed by atoms with van der Waals surface area (Å²) in [6.45, 7) is 10.2. The molecule has 0 saturated heterocycles. The maximum atomic E-state index is 4.05. The van der Waals surface area contributed by atoms with Gasteiger partial charge < -0.3 is 3.53 Å². The summed E-state index contributed by atoms with van der Waals surface area (Å²) in [4.78, 5) is 4.05. The molecule has 0 saturated carbocycles. The number of allylic oxidation sites excluding steroid dienone is 2. The smallest absolute Gasteiger partial charge is 0.0560 e. The molecule has 0 rings (SSSR count). The van der Waals surface area contributed by atoms with Crippen molar-refractivity contribution < 1.29 is 0 Å². The van der Waals surface area contributed by atoms with Crippen molar-refractivity contribution in [2.24, 2.45) is 10.4 Å². The molecule has 0 aliphatic heterocycles. The van der Waals surface area contributed by atoms with Crippen LogP contribution in [0.1, 0.15) is 20.8 Å². The molecule has 13 heavy (non-hydrogen) atoms. The topological polar surface area (TPSA) is 24.4 Å². The van der Waals surface area contributed by atoms with Crippen LogP contribution in [0.5, 0.6) is 0 Å². The first-order valence-electron chi connectivity index (χ1n) is 4.13. The number of aliphatic imine (C=N–C) groups is 1. The van der Waals surface area contributed by atoms with E-state index in [2.05, 4.69) is 58.7 Å². The van der Waals surface area contributed by atoms with Gasteiger partial charge in [-0.05, 0) is 17.1 Å². The van der Waals surface area contributed by atoms with E-state index in [9.17, 15) is 0 Å². The molecule has 0 aromatic heterocycles. The summed E-state index contributed by atoms with van der Waals surface area (Å²) in [6.07, 6.45) is 3.69. The summed E-state index contributed by atoms with van der Waals surface area (Å²) in [5, 5.41) is 0. The van der Waals surface area contributed by atoms with Gasteiger partial charge in [0.05, 0.1) is 22.9 Å². The second-order valence-corrected chi connectivity index (χ2v) is 4.30. The molecule has 0 aliphatic rings. The lowest BCUT2D eigenvalue weighted by Gasteiger charge is -2.22. The maximum absolute atomic E-state index is 4.05. The van der Waals surface area contributed by atoms with Crippen LogP contribution >= 0.6 is 22.9 Å². The van der Waals surface area contributed by atoms with E-state index in [1.807, 2.05) is 12.3 Å². The van der Waals surface area contributed by atoms with Crippen molar-refractivity contribution in [3.8, 4) is 0 Å². The van der Waals surface area contributed by atoms with E-state index in [0.29, 0.717) is 0 Å². The lowest BCUT2D eigenvalue weighted by atomic mass is 9.86. The van der Waals surface area contributed by atoms with E-state index >= 15 is 0 Å². The van der Waals surface area contributed by atoms with Gasteiger partial charge in [0.1, 0.15) is 0 Å². The van der Waals surface area contributed by atoms with Crippen LogP contribution in [0.3, 0.4) is 0 Å². The number of rotatable bonds is 3. The minimum atomic E-state index is 0.0845. The summed E-state index contributed by atoms with van der Waals surface area (Å²) < 4.78 is 3.08. The molecule has 0 spiro atoms. The second-order valence-electron chi connectivity index (χ2n) is 3.76. The Morgan fingerprint density at radius 3 is 2.23 bits per heavy atom. The van der Waals surface area contributed by atoms with E-state index < -0.39 is 0 Å². The second kappa shape index (κ2) is 5.42. The van der Waals surface area contributed by atoms with Gasteiger partial charge in [-0.2, -0.15) is 0 Å². The Morgan fingerprint density at radius 2 is 2.00 bits per heavy atom. The van der Waals surface area contributed by atoms with Gasteiger partial charge >= 0.3 is 0 Å². The zero-order valence-electron chi connectivity index (χ0n) is 8.69. The Bertz CT molecular complexity index is 234. The SMILES string of the molecule is C=CC(NI)=C(C=NC)C(C)(C)C. The van der Waals surface area contributed by atoms with Crippen molar-refractivity contribution in [2.75, 3.05) is 7.05 Å². The molecule has 0 fully saturated rings. The Labute approximate surface area is 94.7 Å². The third-order valence-electron chi connectivity index (χ3n) is 1.66. The Balaban J connectivity index is 5.21. The number of hydrogen-bond donors (Lipinski definition) is 1. The highest BCUT2D eigenvalue weighted by Crippen LogP contribution is 2.26. The molecule has 2 nitrogen and oxygen atoms in total. The Kier molecular flexibility index (Phi) is 5.29. The fourth-order valence-corrected chi connectivity index (χ4v) is 1.51. The lowest BCUT2D eigenvalue weighted by molar-refractivity contribution is 0.522. The van der Waals surface area contributed by atoms with Crippen LogP contribution in [0.2, 0.25) is 0 Å². The minimum Gasteiger partial charge on any atom is -0.328 e. The van der Waals surface area contributed by atoms with E-state index in [0.717, 1.165) is 5.70 Å². The molecule has 0 aromatic rings. The van der Waals surface area contributed by atoms with Crippen LogP contribution in [0.25, 0.3) is 0 Å². The van der Waals surface area contributed by atoms with Crippen LogP contribution in [-0.2, 0) is 0 Å². The summed E-state index contributed by atoms with van der Waals surface area (Å²) in [5.74, 6) is 0. The fraction of sp³-hybridized carbons (Fsp3) is 0.500. The normalized spacial score (nSPS) is 14.2. The first-order valence-corrected chi connectivity index (χ1v) is 5.21. The van der Waals surface area contributed by atoms with Gasteiger partial charge in [0.15, 0.2) is 0 Å². The first-order chi connectivity index (χ1) is 5.97. The third-order valence-corrected chi connectivity index (χ3v) is 2.24. The Morgan fingerprint density at radius 1 is 1.46 bits per heavy atom. The lowest BCUT2D eigenvalue weighted by Crippen LogP contribution is -2.16. The van der Waals surface area contributed by atoms with Gasteiger partial charge in [-0.15, -0.1) is 0 Å². The van der Waals surface area contributed by atoms with Crippen LogP contribution in [0.4, 0.5) is 0 Å². The van der Waals surface area contributed by atoms with Gasteiger partial charge in [-0.25, -0.2) is 0 Å². The zero-order chi connectivity index (χ0) is 10.5. The van der Waals surface area contributed by atoms with E-state index in [1.54, 1.807) is 7.05 Å². The minimum absolute atomic E-state index is 0.0845. The quantitative estimate of drug-likeness (QED) is 0.367. The molecular formula is C10H17IN2. The average molecular weight is 292 g/mol. The maximum Gasteiger partial charge on any atom is 0.0560 e. The van der Waals surface area contributed by atoms with Gasteiger partial charge in [-0.3, -0.25) is 4.99 Å². The van der Waals surface area contributed by atoms with Crippen molar-refractivity contribution in [1.82, 2.24) is 3.53 Å². The summed E-state index contributed by atoms with van der Waals surface area (Å²) in [7, 11) is 1.78. The van der Waals surface area contributed by atoms with E-state index in [4.69, 9.17) is 0 Å². The van der Waals surface area contributed by atoms with E-state index in [1.165, 1.54) is 5.57 Å². The highest BCUT2D eigenvalue weighted by Gasteiger charge is 2.18. The van der Waals surface area contributed by atoms with Crippen molar-refractivity contribution in [3.05, 3.63) is 23.9 Å². The molecule has 0 heterocycles. The predicted octanol–water partition coefficient (Wildman–Crippen LogP) is 3.11. The number of nitrogens with zero attached hydrogens (tertiary/aromatic N) is 1. The summed E-state index contributed by atoms with van der Waals surface area (Å²) in [5.41, 5.74) is 2.28. The zero-order valence-corrected chi connectivity index (χ0v) is 10.8. The van der Waals surface area contributed by atoms with Crippen molar-refractivity contribution in [3.63, 3.8) is 0 Å². The van der Waals surface area contributed by atoms with Crippen LogP contribution in [-0.4, -0.2) is 13.3 Å². The molecule has 74 valence electrons. The van der Waals surface area contributed by atoms with Crippen LogP contribution in [0, 0.1) is 5.41 Å². The molecule has 0 aromatic carbocycles. The molecular weight excluding hydrogens is 275 g/mol. The molecule has 0 unspecified atom stereocenters. The standard InChI is InChI=1S/C10H17IN2/c1-6-9(13-11)8(7-12-5)10(2,3)4/h6-7,13H,1H2,2-5H3.